The SMILES string of the molecule is O=C(NCCCOc1cccc(CNCC2CC2)c1)c1ccc[n+]([O-])c1. The van der Waals surface area contributed by atoms with Crippen LogP contribution in [0.1, 0.15) is 35.2 Å². The molecule has 0 unspecified atom stereocenters. The first-order valence-corrected chi connectivity index (χ1v) is 9.10. The average Bonchev–Trinajstić information content (AvgIpc) is 3.46. The molecule has 0 aliphatic heterocycles. The number of ether oxygens (including phenoxy) is 1. The van der Waals surface area contributed by atoms with E-state index in [1.165, 1.54) is 30.8 Å². The summed E-state index contributed by atoms with van der Waals surface area (Å²) in [6, 6.07) is 11.3. The van der Waals surface area contributed by atoms with E-state index in [-0.39, 0.29) is 5.91 Å². The maximum absolute atomic E-state index is 11.9. The van der Waals surface area contributed by atoms with Crippen LogP contribution in [0.25, 0.3) is 0 Å². The van der Waals surface area contributed by atoms with Gasteiger partial charge in [-0.25, -0.2) is 0 Å². The van der Waals surface area contributed by atoms with Crippen LogP contribution < -0.4 is 20.1 Å². The monoisotopic (exact) mass is 355 g/mol. The van der Waals surface area contributed by atoms with Crippen molar-refractivity contribution in [2.24, 2.45) is 5.92 Å². The molecule has 0 radical (unpaired) electrons. The minimum absolute atomic E-state index is 0.251. The number of carbonyl (C=O) groups excluding carboxylic acids is 1. The lowest BCUT2D eigenvalue weighted by molar-refractivity contribution is -0.605. The molecule has 1 fully saturated rings. The molecule has 2 N–H and O–H groups in total. The van der Waals surface area contributed by atoms with E-state index >= 15 is 0 Å². The summed E-state index contributed by atoms with van der Waals surface area (Å²) >= 11 is 0. The summed E-state index contributed by atoms with van der Waals surface area (Å²) in [5.41, 5.74) is 1.57. The van der Waals surface area contributed by atoms with E-state index in [0.717, 1.165) is 24.8 Å². The van der Waals surface area contributed by atoms with Gasteiger partial charge in [-0.05, 0) is 55.5 Å². The lowest BCUT2D eigenvalue weighted by Crippen LogP contribution is -2.30. The number of carbonyl (C=O) groups is 1. The Morgan fingerprint density at radius 2 is 2.15 bits per heavy atom. The zero-order valence-corrected chi connectivity index (χ0v) is 14.8. The van der Waals surface area contributed by atoms with Crippen LogP contribution in [0.5, 0.6) is 5.75 Å². The van der Waals surface area contributed by atoms with Crippen LogP contribution in [0.15, 0.2) is 48.8 Å². The Bertz CT molecular complexity index is 732. The third-order valence-corrected chi connectivity index (χ3v) is 4.27. The van der Waals surface area contributed by atoms with Crippen molar-refractivity contribution in [3.05, 3.63) is 65.1 Å². The molecule has 1 aliphatic carbocycles. The summed E-state index contributed by atoms with van der Waals surface area (Å²) in [5.74, 6) is 1.47. The molecule has 1 aromatic heterocycles. The topological polar surface area (TPSA) is 77.3 Å². The number of nitrogens with one attached hydrogen (secondary N) is 2. The van der Waals surface area contributed by atoms with Gasteiger partial charge in [0.05, 0.1) is 6.61 Å². The van der Waals surface area contributed by atoms with Crippen molar-refractivity contribution in [3.63, 3.8) is 0 Å². The number of hydrogen-bond acceptors (Lipinski definition) is 4. The molecule has 0 saturated heterocycles. The molecule has 0 atom stereocenters. The van der Waals surface area contributed by atoms with Crippen LogP contribution in [0.4, 0.5) is 0 Å². The zero-order chi connectivity index (χ0) is 18.2. The molecule has 1 saturated carbocycles. The van der Waals surface area contributed by atoms with Gasteiger partial charge < -0.3 is 20.6 Å². The maximum Gasteiger partial charge on any atom is 0.257 e. The molecule has 1 heterocycles. The first kappa shape index (κ1) is 18.2. The van der Waals surface area contributed by atoms with Gasteiger partial charge in [0.2, 0.25) is 0 Å². The number of amides is 1. The summed E-state index contributed by atoms with van der Waals surface area (Å²) in [6.45, 7) is 2.98. The van der Waals surface area contributed by atoms with Crippen molar-refractivity contribution in [2.75, 3.05) is 19.7 Å². The summed E-state index contributed by atoms with van der Waals surface area (Å²) in [4.78, 5) is 11.9. The van der Waals surface area contributed by atoms with E-state index in [2.05, 4.69) is 22.8 Å². The van der Waals surface area contributed by atoms with E-state index in [0.29, 0.717) is 29.9 Å². The van der Waals surface area contributed by atoms with Crippen LogP contribution in [-0.4, -0.2) is 25.6 Å². The zero-order valence-electron chi connectivity index (χ0n) is 14.8. The molecule has 26 heavy (non-hydrogen) atoms. The summed E-state index contributed by atoms with van der Waals surface area (Å²) in [6.07, 6.45) is 6.01. The van der Waals surface area contributed by atoms with Gasteiger partial charge in [0.25, 0.3) is 5.91 Å². The standard InChI is InChI=1S/C20H25N3O3/c24-20(18-5-2-10-23(25)15-18)22-9-3-11-26-19-6-1-4-17(12-19)14-21-13-16-7-8-16/h1-2,4-6,10,12,15-16,21H,3,7-9,11,13-14H2,(H,22,24). The Morgan fingerprint density at radius 3 is 2.96 bits per heavy atom. The second-order valence-corrected chi connectivity index (χ2v) is 6.63. The molecule has 2 aromatic rings. The second-order valence-electron chi connectivity index (χ2n) is 6.63. The van der Waals surface area contributed by atoms with Gasteiger partial charge in [0.1, 0.15) is 11.3 Å². The van der Waals surface area contributed by atoms with Crippen LogP contribution in [-0.2, 0) is 6.54 Å². The lowest BCUT2D eigenvalue weighted by atomic mass is 10.2. The quantitative estimate of drug-likeness (QED) is 0.388. The Labute approximate surface area is 153 Å². The molecule has 0 bridgehead atoms. The largest absolute Gasteiger partial charge is 0.619 e. The first-order valence-electron chi connectivity index (χ1n) is 9.10. The van der Waals surface area contributed by atoms with Gasteiger partial charge in [-0.15, -0.1) is 0 Å². The highest BCUT2D eigenvalue weighted by atomic mass is 16.5. The normalized spacial score (nSPS) is 13.4. The molecular formula is C20H25N3O3. The lowest BCUT2D eigenvalue weighted by Gasteiger charge is -2.09. The van der Waals surface area contributed by atoms with E-state index in [1.54, 1.807) is 12.1 Å². The molecule has 1 amide bonds. The smallest absolute Gasteiger partial charge is 0.257 e. The van der Waals surface area contributed by atoms with Crippen molar-refractivity contribution >= 4 is 5.91 Å². The van der Waals surface area contributed by atoms with Crippen molar-refractivity contribution in [3.8, 4) is 5.75 Å². The number of pyridine rings is 1. The highest BCUT2D eigenvalue weighted by Gasteiger charge is 2.20. The predicted octanol–water partition coefficient (Wildman–Crippen LogP) is 2.02. The van der Waals surface area contributed by atoms with Crippen LogP contribution in [0.2, 0.25) is 0 Å². The van der Waals surface area contributed by atoms with E-state index in [4.69, 9.17) is 4.74 Å². The van der Waals surface area contributed by atoms with Gasteiger partial charge in [0, 0.05) is 19.2 Å². The minimum atomic E-state index is -0.251. The number of aromatic nitrogens is 1. The highest BCUT2D eigenvalue weighted by molar-refractivity contribution is 5.93. The van der Waals surface area contributed by atoms with E-state index in [9.17, 15) is 10.0 Å². The fourth-order valence-corrected chi connectivity index (χ4v) is 2.64. The van der Waals surface area contributed by atoms with Crippen molar-refractivity contribution < 1.29 is 14.3 Å². The predicted molar refractivity (Wildman–Crippen MR) is 98.7 cm³/mol. The summed E-state index contributed by atoms with van der Waals surface area (Å²) < 4.78 is 6.38. The summed E-state index contributed by atoms with van der Waals surface area (Å²) in [7, 11) is 0. The highest BCUT2D eigenvalue weighted by Crippen LogP contribution is 2.27. The molecule has 1 aliphatic rings. The van der Waals surface area contributed by atoms with Crippen LogP contribution in [0.3, 0.4) is 0 Å². The molecule has 1 aromatic carbocycles. The van der Waals surface area contributed by atoms with Gasteiger partial charge in [-0.2, -0.15) is 4.73 Å². The number of rotatable bonds is 10. The van der Waals surface area contributed by atoms with Crippen LogP contribution >= 0.6 is 0 Å². The van der Waals surface area contributed by atoms with Gasteiger partial charge >= 0.3 is 0 Å². The van der Waals surface area contributed by atoms with Gasteiger partial charge in [-0.3, -0.25) is 4.79 Å². The number of nitrogens with zero attached hydrogens (tertiary/aromatic N) is 1. The summed E-state index contributed by atoms with van der Waals surface area (Å²) in [5, 5.41) is 17.4. The maximum atomic E-state index is 11.9. The third-order valence-electron chi connectivity index (χ3n) is 4.27. The molecule has 138 valence electrons. The molecule has 6 nitrogen and oxygen atoms in total. The minimum Gasteiger partial charge on any atom is -0.619 e. The molecule has 0 spiro atoms. The van der Waals surface area contributed by atoms with E-state index in [1.807, 2.05) is 12.1 Å². The Balaban J connectivity index is 1.33. The molecular weight excluding hydrogens is 330 g/mol. The third kappa shape index (κ3) is 6.04. The number of benzene rings is 1. The van der Waals surface area contributed by atoms with Crippen molar-refractivity contribution in [2.45, 2.75) is 25.8 Å². The van der Waals surface area contributed by atoms with Gasteiger partial charge in [0.15, 0.2) is 12.4 Å². The van der Waals surface area contributed by atoms with Crippen molar-refractivity contribution in [1.82, 2.24) is 10.6 Å². The van der Waals surface area contributed by atoms with Crippen LogP contribution in [0, 0.1) is 11.1 Å². The fraction of sp³-hybridized carbons (Fsp3) is 0.400. The molecule has 6 heteroatoms. The van der Waals surface area contributed by atoms with E-state index < -0.39 is 0 Å². The number of hydrogen-bond donors (Lipinski definition) is 2. The Kier molecular flexibility index (Phi) is 6.44. The second kappa shape index (κ2) is 9.20. The molecule has 3 rings (SSSR count). The van der Waals surface area contributed by atoms with Crippen molar-refractivity contribution in [1.29, 1.82) is 0 Å². The van der Waals surface area contributed by atoms with Gasteiger partial charge in [-0.1, -0.05) is 12.1 Å². The Hall–Kier alpha value is -2.60. The Morgan fingerprint density at radius 1 is 1.27 bits per heavy atom. The average molecular weight is 355 g/mol. The fourth-order valence-electron chi connectivity index (χ4n) is 2.64. The first-order chi connectivity index (χ1) is 12.7.